The van der Waals surface area contributed by atoms with Gasteiger partial charge in [0.25, 0.3) is 10.1 Å². The fraction of sp³-hybridized carbons (Fsp3) is 0.533. The maximum absolute atomic E-state index is 11.0. The Morgan fingerprint density at radius 3 is 2.39 bits per heavy atom. The van der Waals surface area contributed by atoms with Gasteiger partial charge < -0.3 is 18.6 Å². The van der Waals surface area contributed by atoms with Crippen LogP contribution < -0.4 is 10.0 Å². The largest absolute Gasteiger partial charge is 0.500 e. The first-order valence-electron chi connectivity index (χ1n) is 8.20. The summed E-state index contributed by atoms with van der Waals surface area (Å²) in [7, 11) is -2.08. The van der Waals surface area contributed by atoms with Crippen molar-refractivity contribution < 1.29 is 31.0 Å². The van der Waals surface area contributed by atoms with E-state index in [1.54, 1.807) is 33.5 Å². The van der Waals surface area contributed by atoms with Gasteiger partial charge in [-0.25, -0.2) is 0 Å². The summed E-state index contributed by atoms with van der Waals surface area (Å²) in [6.07, 6.45) is 0.734. The van der Waals surface area contributed by atoms with Crippen molar-refractivity contribution in [2.45, 2.75) is 22.2 Å². The molecular formula is C15H25BrN2O7S2Si. The second-order valence-electron chi connectivity index (χ2n) is 5.57. The van der Waals surface area contributed by atoms with Gasteiger partial charge in [-0.05, 0) is 36.6 Å². The van der Waals surface area contributed by atoms with Gasteiger partial charge in [0.1, 0.15) is 4.83 Å². The van der Waals surface area contributed by atoms with Crippen LogP contribution in [0.15, 0.2) is 29.2 Å². The number of halogens is 1. The molecule has 1 saturated heterocycles. The van der Waals surface area contributed by atoms with Crippen LogP contribution in [0.5, 0.6) is 0 Å². The van der Waals surface area contributed by atoms with Gasteiger partial charge in [-0.1, -0.05) is 22.0 Å². The van der Waals surface area contributed by atoms with Gasteiger partial charge in [0, 0.05) is 45.4 Å². The number of anilines is 1. The van der Waals surface area contributed by atoms with Gasteiger partial charge in [0.2, 0.25) is 5.91 Å². The lowest BCUT2D eigenvalue weighted by Crippen LogP contribution is -2.42. The van der Waals surface area contributed by atoms with Crippen molar-refractivity contribution >= 4 is 58.4 Å². The molecule has 1 aliphatic rings. The van der Waals surface area contributed by atoms with Crippen molar-refractivity contribution in [3.63, 3.8) is 0 Å². The molecule has 1 aromatic carbocycles. The van der Waals surface area contributed by atoms with Crippen molar-refractivity contribution in [1.29, 1.82) is 0 Å². The number of alkyl halides is 1. The number of amides is 1. The predicted molar refractivity (Wildman–Crippen MR) is 114 cm³/mol. The third-order valence-corrected chi connectivity index (χ3v) is 9.44. The molecule has 0 spiro atoms. The van der Waals surface area contributed by atoms with E-state index in [0.717, 1.165) is 12.2 Å². The Labute approximate surface area is 179 Å². The zero-order valence-electron chi connectivity index (χ0n) is 15.8. The minimum absolute atomic E-state index is 0.0394. The fourth-order valence-corrected chi connectivity index (χ4v) is 5.76. The number of benzene rings is 1. The molecule has 13 heteroatoms. The second-order valence-corrected chi connectivity index (χ2v) is 12.0. The standard InChI is InChI=1S/C12H21NO6SSi.C3H4BrNOS/c1-17-21(18-2,19-3)9-5-8-13-11-6-4-7-12(10-11)20(14,15)16;4-2-1-7-5-3(2)6/h4,6-7,10,13H,5,8-9H2,1-3H3,(H,14,15,16);2H,1H2,(H,5,6). The molecule has 1 amide bonds. The van der Waals surface area contributed by atoms with E-state index in [1.807, 2.05) is 0 Å². The summed E-state index contributed by atoms with van der Waals surface area (Å²) in [5, 5.41) is 3.08. The highest BCUT2D eigenvalue weighted by Gasteiger charge is 2.36. The van der Waals surface area contributed by atoms with E-state index >= 15 is 0 Å². The van der Waals surface area contributed by atoms with Crippen LogP contribution in [0.3, 0.4) is 0 Å². The fourth-order valence-electron chi connectivity index (χ4n) is 2.19. The zero-order valence-corrected chi connectivity index (χ0v) is 20.0. The van der Waals surface area contributed by atoms with E-state index in [1.165, 1.54) is 24.1 Å². The molecule has 1 aromatic rings. The Bertz CT molecular complexity index is 727. The van der Waals surface area contributed by atoms with Crippen molar-refractivity contribution in [3.8, 4) is 0 Å². The molecule has 0 aliphatic carbocycles. The second kappa shape index (κ2) is 12.1. The number of carbonyl (C=O) groups excluding carboxylic acids is 1. The SMILES string of the molecule is CO[Si](CCCNc1cccc(S(=O)(=O)O)c1)(OC)OC.O=C1NSCC1Br. The molecule has 0 bridgehead atoms. The highest BCUT2D eigenvalue weighted by Crippen LogP contribution is 2.17. The van der Waals surface area contributed by atoms with Crippen molar-refractivity contribution in [2.24, 2.45) is 0 Å². The molecule has 1 unspecified atom stereocenters. The third-order valence-electron chi connectivity index (χ3n) is 3.74. The molecule has 3 N–H and O–H groups in total. The van der Waals surface area contributed by atoms with Crippen LogP contribution in [0.25, 0.3) is 0 Å². The third kappa shape index (κ3) is 8.37. The van der Waals surface area contributed by atoms with E-state index in [2.05, 4.69) is 26.0 Å². The summed E-state index contributed by atoms with van der Waals surface area (Å²) in [4.78, 5) is 10.3. The van der Waals surface area contributed by atoms with Gasteiger partial charge in [-0.3, -0.25) is 14.1 Å². The first kappa shape index (κ1) is 25.4. The molecule has 9 nitrogen and oxygen atoms in total. The number of rotatable bonds is 9. The van der Waals surface area contributed by atoms with Crippen molar-refractivity contribution in [3.05, 3.63) is 24.3 Å². The van der Waals surface area contributed by atoms with Crippen LogP contribution in [0.4, 0.5) is 5.69 Å². The normalized spacial score (nSPS) is 16.9. The molecule has 1 atom stereocenters. The number of hydrogen-bond donors (Lipinski definition) is 3. The lowest BCUT2D eigenvalue weighted by Gasteiger charge is -2.24. The van der Waals surface area contributed by atoms with Crippen LogP contribution in [-0.4, -0.2) is 66.1 Å². The highest BCUT2D eigenvalue weighted by atomic mass is 79.9. The summed E-state index contributed by atoms with van der Waals surface area (Å²) in [5.41, 5.74) is 0.615. The molecule has 2 rings (SSSR count). The smallest absolute Gasteiger partial charge is 0.385 e. The molecule has 160 valence electrons. The number of hydrogen-bond acceptors (Lipinski definition) is 8. The first-order valence-corrected chi connectivity index (χ1v) is 13.5. The maximum atomic E-state index is 11.0. The molecule has 1 aliphatic heterocycles. The van der Waals surface area contributed by atoms with Gasteiger partial charge in [-0.15, -0.1) is 0 Å². The predicted octanol–water partition coefficient (Wildman–Crippen LogP) is 2.14. The first-order chi connectivity index (χ1) is 13.2. The van der Waals surface area contributed by atoms with Crippen LogP contribution in [0.1, 0.15) is 6.42 Å². The maximum Gasteiger partial charge on any atom is 0.500 e. The topological polar surface area (TPSA) is 123 Å². The summed E-state index contributed by atoms with van der Waals surface area (Å²) in [6, 6.07) is 6.63. The average Bonchev–Trinajstić information content (AvgIpc) is 3.05. The van der Waals surface area contributed by atoms with Gasteiger partial charge in [0.15, 0.2) is 0 Å². The Balaban J connectivity index is 0.000000467. The van der Waals surface area contributed by atoms with Gasteiger partial charge >= 0.3 is 8.80 Å². The summed E-state index contributed by atoms with van der Waals surface area (Å²) in [6.45, 7) is 0.597. The van der Waals surface area contributed by atoms with E-state index in [0.29, 0.717) is 18.3 Å². The van der Waals surface area contributed by atoms with E-state index in [9.17, 15) is 13.2 Å². The molecule has 1 fully saturated rings. The summed E-state index contributed by atoms with van der Waals surface area (Å²) >= 11 is 4.61. The van der Waals surface area contributed by atoms with Crippen LogP contribution >= 0.6 is 27.9 Å². The van der Waals surface area contributed by atoms with E-state index in [4.69, 9.17) is 17.8 Å². The Kier molecular flexibility index (Phi) is 11.0. The Morgan fingerprint density at radius 2 is 1.96 bits per heavy atom. The minimum Gasteiger partial charge on any atom is -0.385 e. The molecule has 0 aromatic heterocycles. The van der Waals surface area contributed by atoms with Crippen LogP contribution in [0, 0.1) is 0 Å². The van der Waals surface area contributed by atoms with Gasteiger partial charge in [-0.2, -0.15) is 8.42 Å². The minimum atomic E-state index is -4.18. The number of carbonyl (C=O) groups is 1. The number of nitrogens with one attached hydrogen (secondary N) is 2. The van der Waals surface area contributed by atoms with E-state index < -0.39 is 18.9 Å². The van der Waals surface area contributed by atoms with Crippen molar-refractivity contribution in [1.82, 2.24) is 4.72 Å². The monoisotopic (exact) mass is 516 g/mol. The highest BCUT2D eigenvalue weighted by molar-refractivity contribution is 9.10. The van der Waals surface area contributed by atoms with E-state index in [-0.39, 0.29) is 15.6 Å². The molecular weight excluding hydrogens is 492 g/mol. The van der Waals surface area contributed by atoms with Crippen LogP contribution in [0.2, 0.25) is 6.04 Å². The lowest BCUT2D eigenvalue weighted by molar-refractivity contribution is -0.117. The van der Waals surface area contributed by atoms with Crippen LogP contribution in [-0.2, 0) is 28.2 Å². The zero-order chi connectivity index (χ0) is 21.2. The average molecular weight is 517 g/mol. The summed E-state index contributed by atoms with van der Waals surface area (Å²) < 4.78 is 49.6. The lowest BCUT2D eigenvalue weighted by atomic mass is 10.3. The van der Waals surface area contributed by atoms with Crippen molar-refractivity contribution in [2.75, 3.05) is 38.9 Å². The molecule has 0 radical (unpaired) electrons. The molecule has 0 saturated carbocycles. The molecule has 28 heavy (non-hydrogen) atoms. The Hall–Kier alpha value is -0.673. The van der Waals surface area contributed by atoms with Gasteiger partial charge in [0.05, 0.1) is 4.90 Å². The quantitative estimate of drug-likeness (QED) is 0.149. The molecule has 1 heterocycles. The Morgan fingerprint density at radius 1 is 1.32 bits per heavy atom. The summed E-state index contributed by atoms with van der Waals surface area (Å²) in [5.74, 6) is 0.934.